The minimum atomic E-state index is -0.178. The van der Waals surface area contributed by atoms with Crippen molar-refractivity contribution in [2.45, 2.75) is 30.5 Å². The van der Waals surface area contributed by atoms with Gasteiger partial charge in [0.05, 0.1) is 0 Å². The summed E-state index contributed by atoms with van der Waals surface area (Å²) in [6.07, 6.45) is 4.86. The number of alkyl halides is 1. The molecule has 0 aliphatic heterocycles. The van der Waals surface area contributed by atoms with E-state index in [4.69, 9.17) is 0 Å². The van der Waals surface area contributed by atoms with Crippen LogP contribution < -0.4 is 0 Å². The number of halogens is 3. The Bertz CT molecular complexity index is 347. The summed E-state index contributed by atoms with van der Waals surface area (Å²) >= 11 is 7.11. The predicted molar refractivity (Wildman–Crippen MR) is 67.9 cm³/mol. The second-order valence-electron chi connectivity index (χ2n) is 4.13. The van der Waals surface area contributed by atoms with Gasteiger partial charge in [-0.05, 0) is 49.3 Å². The van der Waals surface area contributed by atoms with Crippen LogP contribution in [-0.2, 0) is 6.42 Å². The van der Waals surface area contributed by atoms with Gasteiger partial charge < -0.3 is 0 Å². The Hall–Kier alpha value is 0.110. The van der Waals surface area contributed by atoms with Crippen LogP contribution in [0.4, 0.5) is 4.39 Å². The molecule has 0 aromatic heterocycles. The van der Waals surface area contributed by atoms with E-state index < -0.39 is 0 Å². The van der Waals surface area contributed by atoms with Crippen LogP contribution in [-0.4, -0.2) is 4.83 Å². The Balaban J connectivity index is 1.92. The number of hydrogen-bond acceptors (Lipinski definition) is 0. The van der Waals surface area contributed by atoms with Gasteiger partial charge in [0, 0.05) is 9.30 Å². The van der Waals surface area contributed by atoms with E-state index in [1.54, 1.807) is 0 Å². The van der Waals surface area contributed by atoms with Gasteiger partial charge in [0.1, 0.15) is 5.82 Å². The summed E-state index contributed by atoms with van der Waals surface area (Å²) < 4.78 is 13.7. The van der Waals surface area contributed by atoms with E-state index in [2.05, 4.69) is 31.9 Å². The van der Waals surface area contributed by atoms with Gasteiger partial charge in [-0.1, -0.05) is 37.9 Å². The molecular formula is C12H13Br2F. The van der Waals surface area contributed by atoms with Crippen LogP contribution in [0.2, 0.25) is 0 Å². The lowest BCUT2D eigenvalue weighted by atomic mass is 10.1. The minimum Gasteiger partial charge on any atom is -0.207 e. The monoisotopic (exact) mass is 334 g/mol. The summed E-state index contributed by atoms with van der Waals surface area (Å²) in [6, 6.07) is 4.93. The van der Waals surface area contributed by atoms with E-state index >= 15 is 0 Å². The molecule has 3 heteroatoms. The topological polar surface area (TPSA) is 0 Å². The molecule has 0 saturated heterocycles. The van der Waals surface area contributed by atoms with Crippen LogP contribution in [0.15, 0.2) is 22.7 Å². The van der Waals surface area contributed by atoms with Gasteiger partial charge >= 0.3 is 0 Å². The molecule has 0 heterocycles. The Morgan fingerprint density at radius 3 is 2.73 bits per heavy atom. The third-order valence-corrected chi connectivity index (χ3v) is 4.78. The summed E-state index contributed by atoms with van der Waals surface area (Å²) in [5.41, 5.74) is 1.20. The first-order chi connectivity index (χ1) is 7.16. The highest BCUT2D eigenvalue weighted by atomic mass is 79.9. The molecule has 1 aliphatic rings. The fraction of sp³-hybridized carbons (Fsp3) is 0.500. The lowest BCUT2D eigenvalue weighted by molar-refractivity contribution is 0.624. The molecule has 2 rings (SSSR count). The normalized spacial score (nSPS) is 17.8. The Labute approximate surface area is 107 Å². The number of benzene rings is 1. The van der Waals surface area contributed by atoms with Crippen molar-refractivity contribution in [1.82, 2.24) is 0 Å². The van der Waals surface area contributed by atoms with Gasteiger partial charge in [0.25, 0.3) is 0 Å². The molecule has 0 N–H and O–H groups in total. The largest absolute Gasteiger partial charge is 0.207 e. The fourth-order valence-electron chi connectivity index (χ4n) is 1.71. The molecule has 0 radical (unpaired) electrons. The highest BCUT2D eigenvalue weighted by molar-refractivity contribution is 9.10. The average Bonchev–Trinajstić information content (AvgIpc) is 2.99. The van der Waals surface area contributed by atoms with Crippen molar-refractivity contribution >= 4 is 31.9 Å². The van der Waals surface area contributed by atoms with E-state index in [1.807, 2.05) is 6.07 Å². The Morgan fingerprint density at radius 1 is 1.40 bits per heavy atom. The molecule has 1 unspecified atom stereocenters. The van der Waals surface area contributed by atoms with Crippen LogP contribution in [0.5, 0.6) is 0 Å². The summed E-state index contributed by atoms with van der Waals surface area (Å²) in [5.74, 6) is 0.701. The van der Waals surface area contributed by atoms with Crippen LogP contribution in [0.1, 0.15) is 24.8 Å². The molecule has 0 amide bonds. The molecule has 0 nitrogen and oxygen atoms in total. The van der Waals surface area contributed by atoms with Crippen molar-refractivity contribution in [1.29, 1.82) is 0 Å². The molecule has 1 aromatic carbocycles. The maximum absolute atomic E-state index is 12.8. The maximum Gasteiger partial charge on any atom is 0.124 e. The minimum absolute atomic E-state index is 0.178. The molecule has 1 aliphatic carbocycles. The molecule has 82 valence electrons. The summed E-state index contributed by atoms with van der Waals surface area (Å²) in [6.45, 7) is 0. The quantitative estimate of drug-likeness (QED) is 0.700. The molecular weight excluding hydrogens is 323 g/mol. The number of aryl methyl sites for hydroxylation is 1. The predicted octanol–water partition coefficient (Wildman–Crippen LogP) is 4.69. The first-order valence-electron chi connectivity index (χ1n) is 5.25. The van der Waals surface area contributed by atoms with E-state index in [1.165, 1.54) is 30.5 Å². The lowest BCUT2D eigenvalue weighted by Gasteiger charge is -2.09. The van der Waals surface area contributed by atoms with Crippen molar-refractivity contribution in [2.24, 2.45) is 5.92 Å². The van der Waals surface area contributed by atoms with E-state index in [-0.39, 0.29) is 5.82 Å². The van der Waals surface area contributed by atoms with Crippen LogP contribution in [0.3, 0.4) is 0 Å². The molecule has 1 saturated carbocycles. The number of rotatable bonds is 4. The van der Waals surface area contributed by atoms with Gasteiger partial charge in [-0.25, -0.2) is 4.39 Å². The van der Waals surface area contributed by atoms with Crippen molar-refractivity contribution in [3.05, 3.63) is 34.1 Å². The van der Waals surface area contributed by atoms with E-state index in [0.29, 0.717) is 4.83 Å². The maximum atomic E-state index is 12.8. The van der Waals surface area contributed by atoms with Crippen LogP contribution >= 0.6 is 31.9 Å². The van der Waals surface area contributed by atoms with E-state index in [0.717, 1.165) is 23.2 Å². The van der Waals surface area contributed by atoms with Gasteiger partial charge in [0.15, 0.2) is 0 Å². The van der Waals surface area contributed by atoms with Crippen LogP contribution in [0, 0.1) is 11.7 Å². The highest BCUT2D eigenvalue weighted by Crippen LogP contribution is 2.38. The molecule has 1 atom stereocenters. The van der Waals surface area contributed by atoms with Crippen molar-refractivity contribution < 1.29 is 4.39 Å². The Morgan fingerprint density at radius 2 is 2.13 bits per heavy atom. The van der Waals surface area contributed by atoms with Gasteiger partial charge in [0.2, 0.25) is 0 Å². The second kappa shape index (κ2) is 4.96. The number of hydrogen-bond donors (Lipinski definition) is 0. The zero-order valence-electron chi connectivity index (χ0n) is 8.35. The highest BCUT2D eigenvalue weighted by Gasteiger charge is 2.28. The Kier molecular flexibility index (Phi) is 3.83. The second-order valence-corrected chi connectivity index (χ2v) is 6.16. The first kappa shape index (κ1) is 11.6. The van der Waals surface area contributed by atoms with Crippen LogP contribution in [0.25, 0.3) is 0 Å². The van der Waals surface area contributed by atoms with Gasteiger partial charge in [-0.2, -0.15) is 0 Å². The molecule has 15 heavy (non-hydrogen) atoms. The summed E-state index contributed by atoms with van der Waals surface area (Å²) in [4.78, 5) is 0.634. The standard InChI is InChI=1S/C12H13Br2F/c13-11(8-1-2-8)6-4-9-3-5-10(15)7-12(9)14/h3,5,7-8,11H,1-2,4,6H2. The summed E-state index contributed by atoms with van der Waals surface area (Å²) in [7, 11) is 0. The molecule has 0 spiro atoms. The van der Waals surface area contributed by atoms with E-state index in [9.17, 15) is 4.39 Å². The molecule has 1 fully saturated rings. The first-order valence-corrected chi connectivity index (χ1v) is 6.95. The van der Waals surface area contributed by atoms with Gasteiger partial charge in [-0.15, -0.1) is 0 Å². The fourth-order valence-corrected chi connectivity index (χ4v) is 3.02. The van der Waals surface area contributed by atoms with Crippen molar-refractivity contribution in [2.75, 3.05) is 0 Å². The SMILES string of the molecule is Fc1ccc(CCC(Br)C2CC2)c(Br)c1. The smallest absolute Gasteiger partial charge is 0.124 e. The third kappa shape index (κ3) is 3.28. The third-order valence-electron chi connectivity index (χ3n) is 2.84. The zero-order chi connectivity index (χ0) is 10.8. The molecule has 0 bridgehead atoms. The molecule has 1 aromatic rings. The summed E-state index contributed by atoms with van der Waals surface area (Å²) in [5, 5.41) is 0. The van der Waals surface area contributed by atoms with Crippen molar-refractivity contribution in [3.63, 3.8) is 0 Å². The van der Waals surface area contributed by atoms with Gasteiger partial charge in [-0.3, -0.25) is 0 Å². The lowest BCUT2D eigenvalue weighted by Crippen LogP contribution is -2.02. The average molecular weight is 336 g/mol. The zero-order valence-corrected chi connectivity index (χ0v) is 11.5. The van der Waals surface area contributed by atoms with Crippen molar-refractivity contribution in [3.8, 4) is 0 Å².